The fourth-order valence-electron chi connectivity index (χ4n) is 2.46. The Hall–Kier alpha value is -2.02. The normalized spacial score (nSPS) is 18.1. The number of nitrogens with one attached hydrogen (secondary N) is 1. The first-order chi connectivity index (χ1) is 10.2. The molecule has 0 spiro atoms. The second-order valence-corrected chi connectivity index (χ2v) is 5.34. The smallest absolute Gasteiger partial charge is 0.129 e. The highest BCUT2D eigenvalue weighted by atomic mass is 16.5. The van der Waals surface area contributed by atoms with Crippen molar-refractivity contribution < 1.29 is 4.74 Å². The van der Waals surface area contributed by atoms with E-state index < -0.39 is 0 Å². The number of anilines is 1. The maximum Gasteiger partial charge on any atom is 0.129 e. The fourth-order valence-corrected chi connectivity index (χ4v) is 2.46. The molecule has 3 rings (SSSR count). The molecule has 7 nitrogen and oxygen atoms in total. The van der Waals surface area contributed by atoms with Crippen molar-refractivity contribution in [1.29, 1.82) is 0 Å². The Labute approximate surface area is 123 Å². The molecule has 1 fully saturated rings. The molecule has 112 valence electrons. The molecular formula is C14H20N6O. The van der Waals surface area contributed by atoms with Crippen LogP contribution in [0.1, 0.15) is 29.6 Å². The topological polar surface area (TPSA) is 77.8 Å². The Morgan fingerprint density at radius 1 is 1.38 bits per heavy atom. The van der Waals surface area contributed by atoms with E-state index in [9.17, 15) is 0 Å². The summed E-state index contributed by atoms with van der Waals surface area (Å²) in [6, 6.07) is 2.03. The third-order valence-corrected chi connectivity index (χ3v) is 3.51. The van der Waals surface area contributed by atoms with E-state index in [1.54, 1.807) is 0 Å². The van der Waals surface area contributed by atoms with Gasteiger partial charge in [0.25, 0.3) is 0 Å². The highest BCUT2D eigenvalue weighted by Gasteiger charge is 2.20. The summed E-state index contributed by atoms with van der Waals surface area (Å²) in [6.45, 7) is 6.94. The molecule has 21 heavy (non-hydrogen) atoms. The minimum Gasteiger partial charge on any atom is -0.381 e. The molecule has 7 heteroatoms. The number of rotatable bonds is 5. The highest BCUT2D eigenvalue weighted by Crippen LogP contribution is 2.24. The van der Waals surface area contributed by atoms with Crippen LogP contribution in [0.5, 0.6) is 0 Å². The Balaban J connectivity index is 1.61. The SMILES string of the molecule is Cc1cn(CCNc2cc([C@@H]3CCOC3)nc(C)n2)nn1. The lowest BCUT2D eigenvalue weighted by Gasteiger charge is -2.11. The Morgan fingerprint density at radius 2 is 2.29 bits per heavy atom. The third kappa shape index (κ3) is 3.55. The molecule has 1 saturated heterocycles. The summed E-state index contributed by atoms with van der Waals surface area (Å²) in [5.74, 6) is 2.05. The fraction of sp³-hybridized carbons (Fsp3) is 0.571. The van der Waals surface area contributed by atoms with E-state index in [2.05, 4.69) is 25.6 Å². The van der Waals surface area contributed by atoms with Gasteiger partial charge in [-0.2, -0.15) is 0 Å². The van der Waals surface area contributed by atoms with Crippen molar-refractivity contribution in [2.45, 2.75) is 32.7 Å². The zero-order valence-corrected chi connectivity index (χ0v) is 12.4. The van der Waals surface area contributed by atoms with Crippen LogP contribution in [0.25, 0.3) is 0 Å². The van der Waals surface area contributed by atoms with Gasteiger partial charge < -0.3 is 10.1 Å². The van der Waals surface area contributed by atoms with Crippen molar-refractivity contribution in [3.8, 4) is 0 Å². The quantitative estimate of drug-likeness (QED) is 0.893. The van der Waals surface area contributed by atoms with E-state index in [1.165, 1.54) is 0 Å². The molecule has 0 aromatic carbocycles. The van der Waals surface area contributed by atoms with Crippen molar-refractivity contribution in [3.05, 3.63) is 29.5 Å². The average molecular weight is 288 g/mol. The van der Waals surface area contributed by atoms with Gasteiger partial charge in [0.05, 0.1) is 24.5 Å². The van der Waals surface area contributed by atoms with Crippen LogP contribution in [0, 0.1) is 13.8 Å². The Kier molecular flexibility index (Phi) is 4.10. The summed E-state index contributed by atoms with van der Waals surface area (Å²) < 4.78 is 7.25. The average Bonchev–Trinajstić information content (AvgIpc) is 3.10. The van der Waals surface area contributed by atoms with E-state index in [-0.39, 0.29) is 0 Å². The highest BCUT2D eigenvalue weighted by molar-refractivity contribution is 5.37. The molecule has 0 saturated carbocycles. The summed E-state index contributed by atoms with van der Waals surface area (Å²) >= 11 is 0. The van der Waals surface area contributed by atoms with E-state index in [1.807, 2.05) is 30.8 Å². The number of nitrogens with zero attached hydrogens (tertiary/aromatic N) is 5. The predicted molar refractivity (Wildman–Crippen MR) is 78.2 cm³/mol. The lowest BCUT2D eigenvalue weighted by atomic mass is 10.0. The molecule has 1 aliphatic rings. The lowest BCUT2D eigenvalue weighted by molar-refractivity contribution is 0.193. The summed E-state index contributed by atoms with van der Waals surface area (Å²) in [5.41, 5.74) is 2.00. The summed E-state index contributed by atoms with van der Waals surface area (Å²) in [7, 11) is 0. The van der Waals surface area contributed by atoms with E-state index in [0.29, 0.717) is 5.92 Å². The summed E-state index contributed by atoms with van der Waals surface area (Å²) in [6.07, 6.45) is 2.96. The van der Waals surface area contributed by atoms with E-state index in [4.69, 9.17) is 4.74 Å². The van der Waals surface area contributed by atoms with Crippen LogP contribution in [0.15, 0.2) is 12.3 Å². The van der Waals surface area contributed by atoms with Crippen molar-refractivity contribution in [3.63, 3.8) is 0 Å². The Morgan fingerprint density at radius 3 is 3.00 bits per heavy atom. The van der Waals surface area contributed by atoms with Crippen molar-refractivity contribution in [1.82, 2.24) is 25.0 Å². The van der Waals surface area contributed by atoms with Crippen LogP contribution in [-0.4, -0.2) is 44.7 Å². The zero-order chi connectivity index (χ0) is 14.7. The molecule has 1 aliphatic heterocycles. The molecule has 2 aromatic rings. The minimum absolute atomic E-state index is 0.394. The van der Waals surface area contributed by atoms with Crippen LogP contribution >= 0.6 is 0 Å². The van der Waals surface area contributed by atoms with Crippen molar-refractivity contribution >= 4 is 5.82 Å². The molecule has 0 aliphatic carbocycles. The first-order valence-electron chi connectivity index (χ1n) is 7.24. The molecule has 1 N–H and O–H groups in total. The van der Waals surface area contributed by atoms with Gasteiger partial charge in [-0.1, -0.05) is 5.21 Å². The maximum atomic E-state index is 5.43. The van der Waals surface area contributed by atoms with Gasteiger partial charge in [-0.05, 0) is 20.3 Å². The molecule has 1 atom stereocenters. The maximum absolute atomic E-state index is 5.43. The number of aryl methyl sites for hydroxylation is 2. The standard InChI is InChI=1S/C14H20N6O/c1-10-8-20(19-18-10)5-4-15-14-7-13(16-11(2)17-14)12-3-6-21-9-12/h7-8,12H,3-6,9H2,1-2H3,(H,15,16,17)/t12-/m1/s1. The van der Waals surface area contributed by atoms with Gasteiger partial charge in [-0.15, -0.1) is 5.10 Å². The van der Waals surface area contributed by atoms with E-state index in [0.717, 1.165) is 55.8 Å². The molecule has 0 amide bonds. The van der Waals surface area contributed by atoms with Gasteiger partial charge >= 0.3 is 0 Å². The van der Waals surface area contributed by atoms with Gasteiger partial charge in [-0.3, -0.25) is 4.68 Å². The van der Waals surface area contributed by atoms with Crippen molar-refractivity contribution in [2.24, 2.45) is 0 Å². The summed E-state index contributed by atoms with van der Waals surface area (Å²) in [4.78, 5) is 8.96. The predicted octanol–water partition coefficient (Wildman–Crippen LogP) is 1.30. The number of hydrogen-bond donors (Lipinski definition) is 1. The van der Waals surface area contributed by atoms with Gasteiger partial charge in [0.2, 0.25) is 0 Å². The Bertz CT molecular complexity index is 605. The number of aromatic nitrogens is 5. The van der Waals surface area contributed by atoms with Crippen LogP contribution in [0.4, 0.5) is 5.82 Å². The second kappa shape index (κ2) is 6.17. The second-order valence-electron chi connectivity index (χ2n) is 5.34. The zero-order valence-electron chi connectivity index (χ0n) is 12.4. The van der Waals surface area contributed by atoms with Gasteiger partial charge in [0, 0.05) is 31.3 Å². The van der Waals surface area contributed by atoms with Gasteiger partial charge in [0.15, 0.2) is 0 Å². The monoisotopic (exact) mass is 288 g/mol. The summed E-state index contributed by atoms with van der Waals surface area (Å²) in [5, 5.41) is 11.3. The number of ether oxygens (including phenoxy) is 1. The number of hydrogen-bond acceptors (Lipinski definition) is 6. The lowest BCUT2D eigenvalue weighted by Crippen LogP contribution is -2.13. The molecule has 3 heterocycles. The largest absolute Gasteiger partial charge is 0.381 e. The molecule has 0 unspecified atom stereocenters. The minimum atomic E-state index is 0.394. The van der Waals surface area contributed by atoms with Gasteiger partial charge in [0.1, 0.15) is 11.6 Å². The molecule has 2 aromatic heterocycles. The van der Waals surface area contributed by atoms with Crippen LogP contribution in [0.2, 0.25) is 0 Å². The first kappa shape index (κ1) is 13.9. The molecule has 0 radical (unpaired) electrons. The first-order valence-corrected chi connectivity index (χ1v) is 7.24. The van der Waals surface area contributed by atoms with Crippen LogP contribution < -0.4 is 5.32 Å². The molecule has 0 bridgehead atoms. The molecular weight excluding hydrogens is 268 g/mol. The van der Waals surface area contributed by atoms with Crippen LogP contribution in [0.3, 0.4) is 0 Å². The van der Waals surface area contributed by atoms with E-state index >= 15 is 0 Å². The van der Waals surface area contributed by atoms with Crippen LogP contribution in [-0.2, 0) is 11.3 Å². The third-order valence-electron chi connectivity index (χ3n) is 3.51. The van der Waals surface area contributed by atoms with Crippen molar-refractivity contribution in [2.75, 3.05) is 25.1 Å². The van der Waals surface area contributed by atoms with Gasteiger partial charge in [-0.25, -0.2) is 9.97 Å².